The molecule has 0 saturated carbocycles. The molecule has 1 heterocycles. The van der Waals surface area contributed by atoms with Gasteiger partial charge in [-0.05, 0) is 49.6 Å². The highest BCUT2D eigenvalue weighted by atomic mass is 35.5. The van der Waals surface area contributed by atoms with Crippen LogP contribution in [0.1, 0.15) is 16.7 Å². The zero-order chi connectivity index (χ0) is 22.8. The van der Waals surface area contributed by atoms with Gasteiger partial charge in [-0.2, -0.15) is 4.31 Å². The van der Waals surface area contributed by atoms with Crippen LogP contribution in [0.4, 0.5) is 5.69 Å². The van der Waals surface area contributed by atoms with Crippen LogP contribution in [0.25, 0.3) is 0 Å². The van der Waals surface area contributed by atoms with E-state index in [4.69, 9.17) is 16.3 Å². The Morgan fingerprint density at radius 1 is 1.13 bits per heavy atom. The molecule has 1 aliphatic heterocycles. The number of amides is 1. The van der Waals surface area contributed by atoms with Crippen LogP contribution in [0.3, 0.4) is 0 Å². The van der Waals surface area contributed by atoms with Crippen molar-refractivity contribution in [2.75, 3.05) is 45.2 Å². The number of nitrogens with one attached hydrogen (secondary N) is 2. The molecule has 2 N–H and O–H groups in total. The van der Waals surface area contributed by atoms with E-state index in [9.17, 15) is 13.2 Å². The summed E-state index contributed by atoms with van der Waals surface area (Å²) in [5.41, 5.74) is 3.07. The smallest absolute Gasteiger partial charge is 0.279 e. The number of anilines is 1. The second-order valence-electron chi connectivity index (χ2n) is 7.95. The van der Waals surface area contributed by atoms with Crippen molar-refractivity contribution in [3.63, 3.8) is 0 Å². The van der Waals surface area contributed by atoms with Crippen LogP contribution < -0.4 is 15.0 Å². The number of hydrogen-bond donors (Lipinski definition) is 2. The van der Waals surface area contributed by atoms with E-state index in [1.54, 1.807) is 18.2 Å². The van der Waals surface area contributed by atoms with Crippen molar-refractivity contribution < 1.29 is 22.8 Å². The summed E-state index contributed by atoms with van der Waals surface area (Å²) in [6.45, 7) is 7.69. The summed E-state index contributed by atoms with van der Waals surface area (Å²) in [7, 11) is -2.02. The van der Waals surface area contributed by atoms with Crippen LogP contribution >= 0.6 is 11.6 Å². The van der Waals surface area contributed by atoms with Crippen molar-refractivity contribution in [3.05, 3.63) is 52.0 Å². The molecule has 0 unspecified atom stereocenters. The van der Waals surface area contributed by atoms with E-state index in [0.29, 0.717) is 47.5 Å². The van der Waals surface area contributed by atoms with Gasteiger partial charge in [-0.3, -0.25) is 4.79 Å². The lowest BCUT2D eigenvalue weighted by Gasteiger charge is -2.31. The maximum atomic E-state index is 13.1. The quantitative estimate of drug-likeness (QED) is 0.680. The third-order valence-electron chi connectivity index (χ3n) is 5.56. The van der Waals surface area contributed by atoms with Crippen LogP contribution in [0.15, 0.2) is 35.2 Å². The topological polar surface area (TPSA) is 80.2 Å². The fraction of sp³-hybridized carbons (Fsp3) is 0.409. The third kappa shape index (κ3) is 5.38. The van der Waals surface area contributed by atoms with Gasteiger partial charge in [-0.15, -0.1) is 0 Å². The number of carbonyl (C=O) groups excluding carboxylic acids is 1. The Bertz CT molecular complexity index is 1080. The fourth-order valence-corrected chi connectivity index (χ4v) is 5.60. The minimum atomic E-state index is -3.54. The molecule has 3 rings (SSSR count). The second-order valence-corrected chi connectivity index (χ2v) is 10.3. The number of nitrogens with zero attached hydrogens (tertiary/aromatic N) is 1. The Hall–Kier alpha value is -2.13. The molecule has 0 bridgehead atoms. The molecule has 0 spiro atoms. The van der Waals surface area contributed by atoms with Crippen LogP contribution in [0.2, 0.25) is 5.02 Å². The maximum absolute atomic E-state index is 13.1. The highest BCUT2D eigenvalue weighted by molar-refractivity contribution is 7.89. The van der Waals surface area contributed by atoms with Crippen LogP contribution in [0.5, 0.6) is 5.75 Å². The molecular weight excluding hydrogens is 438 g/mol. The molecule has 0 aromatic heterocycles. The normalized spacial score (nSPS) is 15.6. The lowest BCUT2D eigenvalue weighted by atomic mass is 10.2. The van der Waals surface area contributed by atoms with E-state index in [-0.39, 0.29) is 12.5 Å². The number of sulfonamides is 1. The van der Waals surface area contributed by atoms with E-state index < -0.39 is 10.0 Å². The number of aryl methyl sites for hydroxylation is 3. The number of benzene rings is 2. The highest BCUT2D eigenvalue weighted by Crippen LogP contribution is 2.30. The van der Waals surface area contributed by atoms with Crippen molar-refractivity contribution in [1.29, 1.82) is 0 Å². The Kier molecular flexibility index (Phi) is 7.26. The number of ether oxygens (including phenoxy) is 1. The summed E-state index contributed by atoms with van der Waals surface area (Å²) >= 11 is 6.12. The first-order valence-electron chi connectivity index (χ1n) is 10.2. The van der Waals surface area contributed by atoms with E-state index >= 15 is 0 Å². The summed E-state index contributed by atoms with van der Waals surface area (Å²) in [6, 6.07) is 8.92. The number of hydrogen-bond acceptors (Lipinski definition) is 4. The first-order chi connectivity index (χ1) is 14.6. The second kappa shape index (κ2) is 9.56. The van der Waals surface area contributed by atoms with Gasteiger partial charge in [-0.25, -0.2) is 8.42 Å². The fourth-order valence-electron chi connectivity index (χ4n) is 3.70. The third-order valence-corrected chi connectivity index (χ3v) is 8.00. The van der Waals surface area contributed by atoms with E-state index in [0.717, 1.165) is 21.6 Å². The van der Waals surface area contributed by atoms with Gasteiger partial charge in [0.15, 0.2) is 6.54 Å². The summed E-state index contributed by atoms with van der Waals surface area (Å²) in [6.07, 6.45) is 0. The monoisotopic (exact) mass is 466 g/mol. The molecular formula is C22H29ClN3O4S+. The molecule has 1 aliphatic rings. The van der Waals surface area contributed by atoms with E-state index in [1.807, 2.05) is 32.9 Å². The molecule has 1 fully saturated rings. The van der Waals surface area contributed by atoms with Gasteiger partial charge in [-0.1, -0.05) is 23.7 Å². The minimum Gasteiger partial charge on any atom is -0.495 e. The summed E-state index contributed by atoms with van der Waals surface area (Å²) < 4.78 is 33.0. The lowest BCUT2D eigenvalue weighted by molar-refractivity contribution is -0.895. The standard InChI is InChI=1S/C22H28ClN3O4S/c1-15-5-6-16(2)21(11-15)31(28,29)26-9-7-25(8-10-26)14-22(27)24-19-12-17(3)18(23)13-20(19)30-4/h5-6,11-13H,7-10,14H2,1-4H3,(H,24,27)/p+1. The van der Waals surface area contributed by atoms with Crippen LogP contribution in [-0.4, -0.2) is 58.5 Å². The van der Waals surface area contributed by atoms with E-state index in [2.05, 4.69) is 5.32 Å². The molecule has 9 heteroatoms. The van der Waals surface area contributed by atoms with Gasteiger partial charge >= 0.3 is 0 Å². The number of methoxy groups -OCH3 is 1. The van der Waals surface area contributed by atoms with Crippen LogP contribution in [-0.2, 0) is 14.8 Å². The summed E-state index contributed by atoms with van der Waals surface area (Å²) in [4.78, 5) is 14.0. The molecule has 168 valence electrons. The zero-order valence-corrected chi connectivity index (χ0v) is 19.9. The molecule has 1 amide bonds. The molecule has 0 aliphatic carbocycles. The van der Waals surface area contributed by atoms with E-state index in [1.165, 1.54) is 11.4 Å². The first-order valence-corrected chi connectivity index (χ1v) is 12.0. The van der Waals surface area contributed by atoms with Crippen molar-refractivity contribution in [3.8, 4) is 5.75 Å². The Labute approximate surface area is 189 Å². The number of rotatable bonds is 6. The maximum Gasteiger partial charge on any atom is 0.279 e. The summed E-state index contributed by atoms with van der Waals surface area (Å²) in [5.74, 6) is 0.351. The van der Waals surface area contributed by atoms with Crippen LogP contribution in [0, 0.1) is 20.8 Å². The van der Waals surface area contributed by atoms with Crippen molar-refractivity contribution >= 4 is 33.2 Å². The lowest BCUT2D eigenvalue weighted by Crippen LogP contribution is -3.15. The molecule has 0 atom stereocenters. The number of halogens is 1. The summed E-state index contributed by atoms with van der Waals surface area (Å²) in [5, 5.41) is 3.45. The Balaban J connectivity index is 1.61. The number of piperazine rings is 1. The minimum absolute atomic E-state index is 0.152. The van der Waals surface area contributed by atoms with Gasteiger partial charge in [0.05, 0.1) is 43.9 Å². The Morgan fingerprint density at radius 3 is 2.45 bits per heavy atom. The Morgan fingerprint density at radius 2 is 1.81 bits per heavy atom. The first kappa shape index (κ1) is 23.5. The zero-order valence-electron chi connectivity index (χ0n) is 18.3. The van der Waals surface area contributed by atoms with Crippen molar-refractivity contribution in [1.82, 2.24) is 4.31 Å². The average Bonchev–Trinajstić information content (AvgIpc) is 2.72. The van der Waals surface area contributed by atoms with Gasteiger partial charge in [0.2, 0.25) is 10.0 Å². The molecule has 1 saturated heterocycles. The molecule has 0 radical (unpaired) electrons. The average molecular weight is 467 g/mol. The SMILES string of the molecule is COc1cc(Cl)c(C)cc1NC(=O)C[NH+]1CCN(S(=O)(=O)c2cc(C)ccc2C)CC1. The predicted octanol–water partition coefficient (Wildman–Crippen LogP) is 1.80. The molecule has 7 nitrogen and oxygen atoms in total. The van der Waals surface area contributed by atoms with Gasteiger partial charge < -0.3 is 15.0 Å². The van der Waals surface area contributed by atoms with Gasteiger partial charge in [0.1, 0.15) is 5.75 Å². The highest BCUT2D eigenvalue weighted by Gasteiger charge is 2.32. The number of carbonyl (C=O) groups is 1. The van der Waals surface area contributed by atoms with Crippen molar-refractivity contribution in [2.45, 2.75) is 25.7 Å². The van der Waals surface area contributed by atoms with Crippen molar-refractivity contribution in [2.24, 2.45) is 0 Å². The number of quaternary nitrogens is 1. The van der Waals surface area contributed by atoms with Gasteiger partial charge in [0.25, 0.3) is 5.91 Å². The largest absolute Gasteiger partial charge is 0.495 e. The van der Waals surface area contributed by atoms with Gasteiger partial charge in [0, 0.05) is 11.1 Å². The molecule has 2 aromatic carbocycles. The molecule has 2 aromatic rings. The molecule has 31 heavy (non-hydrogen) atoms. The predicted molar refractivity (Wildman–Crippen MR) is 122 cm³/mol.